The summed E-state index contributed by atoms with van der Waals surface area (Å²) in [4.78, 5) is 28.9. The van der Waals surface area contributed by atoms with Gasteiger partial charge in [-0.05, 0) is 6.07 Å². The Balaban J connectivity index is 2.15. The molecule has 1 aromatic heterocycles. The molecule has 0 atom stereocenters. The zero-order valence-corrected chi connectivity index (χ0v) is 16.2. The summed E-state index contributed by atoms with van der Waals surface area (Å²) in [6, 6.07) is 11.0. The predicted octanol–water partition coefficient (Wildman–Crippen LogP) is 3.10. The number of fused-ring (bicyclic) bond motifs is 1. The molecule has 0 bridgehead atoms. The molecule has 28 heavy (non-hydrogen) atoms. The Kier molecular flexibility index (Phi) is 6.08. The minimum absolute atomic E-state index is 0.000745. The molecule has 3 aromatic rings. The number of aromatic nitrogens is 2. The highest BCUT2D eigenvalue weighted by atomic mass is 35.5. The fourth-order valence-corrected chi connectivity index (χ4v) is 2.89. The minimum atomic E-state index is -0.658. The SMILES string of the molecule is COCC(=O)OCc1nc2cc(Cl)c(Cl)cc2[n+]([O-])c1C(=O)c1ccccc1. The number of rotatable bonds is 6. The lowest BCUT2D eigenvalue weighted by Gasteiger charge is -2.12. The van der Waals surface area contributed by atoms with Crippen LogP contribution in [0.25, 0.3) is 11.0 Å². The highest BCUT2D eigenvalue weighted by Gasteiger charge is 2.28. The van der Waals surface area contributed by atoms with Crippen molar-refractivity contribution in [1.82, 2.24) is 4.98 Å². The van der Waals surface area contributed by atoms with Gasteiger partial charge in [-0.15, -0.1) is 0 Å². The predicted molar refractivity (Wildman–Crippen MR) is 102 cm³/mol. The number of esters is 1. The highest BCUT2D eigenvalue weighted by Crippen LogP contribution is 2.26. The molecule has 0 aliphatic rings. The maximum atomic E-state index is 13.0. The lowest BCUT2D eigenvalue weighted by atomic mass is 10.1. The number of ketones is 1. The standard InChI is InChI=1S/C19H14Cl2N2O5/c1-27-10-17(24)28-9-15-18(19(25)11-5-3-2-4-6-11)23(26)16-8-13(21)12(20)7-14(16)22-15/h2-8H,9-10H2,1H3. The van der Waals surface area contributed by atoms with Crippen LogP contribution in [0.2, 0.25) is 10.0 Å². The van der Waals surface area contributed by atoms with Crippen LogP contribution in [0.4, 0.5) is 0 Å². The molecule has 0 amide bonds. The van der Waals surface area contributed by atoms with Gasteiger partial charge in [0, 0.05) is 18.7 Å². The molecule has 1 heterocycles. The molecule has 0 fully saturated rings. The number of carbonyl (C=O) groups excluding carboxylic acids is 2. The smallest absolute Gasteiger partial charge is 0.332 e. The van der Waals surface area contributed by atoms with Gasteiger partial charge < -0.3 is 14.7 Å². The lowest BCUT2D eigenvalue weighted by Crippen LogP contribution is -2.38. The summed E-state index contributed by atoms with van der Waals surface area (Å²) >= 11 is 12.0. The monoisotopic (exact) mass is 420 g/mol. The Morgan fingerprint density at radius 2 is 1.82 bits per heavy atom. The van der Waals surface area contributed by atoms with E-state index in [0.29, 0.717) is 4.73 Å². The van der Waals surface area contributed by atoms with Crippen LogP contribution >= 0.6 is 23.2 Å². The van der Waals surface area contributed by atoms with Crippen LogP contribution in [0.1, 0.15) is 21.7 Å². The van der Waals surface area contributed by atoms with Gasteiger partial charge >= 0.3 is 5.97 Å². The summed E-state index contributed by atoms with van der Waals surface area (Å²) in [6.07, 6.45) is 0. The van der Waals surface area contributed by atoms with Gasteiger partial charge in [-0.25, -0.2) is 9.78 Å². The summed E-state index contributed by atoms with van der Waals surface area (Å²) in [5.74, 6) is -1.22. The molecule has 3 rings (SSSR count). The van der Waals surface area contributed by atoms with Crippen LogP contribution in [0.3, 0.4) is 0 Å². The second kappa shape index (κ2) is 8.52. The first-order valence-electron chi connectivity index (χ1n) is 8.08. The van der Waals surface area contributed by atoms with Crippen molar-refractivity contribution in [3.63, 3.8) is 0 Å². The van der Waals surface area contributed by atoms with Crippen molar-refractivity contribution in [2.45, 2.75) is 6.61 Å². The molecular weight excluding hydrogens is 407 g/mol. The molecule has 144 valence electrons. The van der Waals surface area contributed by atoms with Crippen molar-refractivity contribution in [2.24, 2.45) is 0 Å². The van der Waals surface area contributed by atoms with Crippen molar-refractivity contribution in [3.05, 3.63) is 74.7 Å². The molecule has 0 spiro atoms. The van der Waals surface area contributed by atoms with Gasteiger partial charge in [-0.2, -0.15) is 4.73 Å². The van der Waals surface area contributed by atoms with E-state index in [1.807, 2.05) is 0 Å². The fourth-order valence-electron chi connectivity index (χ4n) is 2.57. The topological polar surface area (TPSA) is 92.4 Å². The zero-order chi connectivity index (χ0) is 20.3. The Morgan fingerprint density at radius 1 is 1.14 bits per heavy atom. The van der Waals surface area contributed by atoms with E-state index in [4.69, 9.17) is 32.7 Å². The first-order chi connectivity index (χ1) is 13.4. The van der Waals surface area contributed by atoms with Crippen LogP contribution in [-0.2, 0) is 20.9 Å². The van der Waals surface area contributed by atoms with E-state index < -0.39 is 11.8 Å². The maximum Gasteiger partial charge on any atom is 0.332 e. The zero-order valence-electron chi connectivity index (χ0n) is 14.6. The van der Waals surface area contributed by atoms with Crippen molar-refractivity contribution < 1.29 is 23.8 Å². The van der Waals surface area contributed by atoms with E-state index in [0.717, 1.165) is 0 Å². The minimum Gasteiger partial charge on any atom is -0.618 e. The van der Waals surface area contributed by atoms with Gasteiger partial charge in [0.15, 0.2) is 5.69 Å². The summed E-state index contributed by atoms with van der Waals surface area (Å²) < 4.78 is 10.2. The Hall–Kier alpha value is -2.74. The van der Waals surface area contributed by atoms with Crippen molar-refractivity contribution in [1.29, 1.82) is 0 Å². The van der Waals surface area contributed by atoms with Gasteiger partial charge in [0.1, 0.15) is 18.7 Å². The van der Waals surface area contributed by atoms with Gasteiger partial charge in [0.25, 0.3) is 11.5 Å². The number of hydrogen-bond acceptors (Lipinski definition) is 6. The van der Waals surface area contributed by atoms with E-state index in [1.165, 1.54) is 19.2 Å². The highest BCUT2D eigenvalue weighted by molar-refractivity contribution is 6.42. The van der Waals surface area contributed by atoms with Crippen LogP contribution in [0, 0.1) is 5.21 Å². The largest absolute Gasteiger partial charge is 0.618 e. The third kappa shape index (κ3) is 4.06. The molecule has 0 saturated carbocycles. The summed E-state index contributed by atoms with van der Waals surface area (Å²) in [7, 11) is 1.34. The molecule has 0 N–H and O–H groups in total. The summed E-state index contributed by atoms with van der Waals surface area (Å²) in [5, 5.41) is 13.3. The van der Waals surface area contributed by atoms with E-state index in [2.05, 4.69) is 4.98 Å². The second-order valence-corrected chi connectivity index (χ2v) is 6.56. The van der Waals surface area contributed by atoms with Gasteiger partial charge in [0.05, 0.1) is 10.0 Å². The number of ether oxygens (including phenoxy) is 2. The number of methoxy groups -OCH3 is 1. The molecule has 0 aliphatic carbocycles. The molecule has 9 heteroatoms. The number of halogens is 2. The molecule has 0 saturated heterocycles. The van der Waals surface area contributed by atoms with Gasteiger partial charge in [0.2, 0.25) is 5.52 Å². The van der Waals surface area contributed by atoms with Gasteiger partial charge in [-0.1, -0.05) is 53.5 Å². The molecule has 0 unspecified atom stereocenters. The van der Waals surface area contributed by atoms with Crippen molar-refractivity contribution in [2.75, 3.05) is 13.7 Å². The number of nitrogens with zero attached hydrogens (tertiary/aromatic N) is 2. The van der Waals surface area contributed by atoms with E-state index in [1.54, 1.807) is 30.3 Å². The number of carbonyl (C=O) groups is 2. The Bertz CT molecular complexity index is 1060. The van der Waals surface area contributed by atoms with Gasteiger partial charge in [-0.3, -0.25) is 4.79 Å². The van der Waals surface area contributed by atoms with E-state index in [9.17, 15) is 14.8 Å². The lowest BCUT2D eigenvalue weighted by molar-refractivity contribution is -0.580. The number of benzene rings is 2. The van der Waals surface area contributed by atoms with Crippen molar-refractivity contribution >= 4 is 46.0 Å². The molecule has 0 aliphatic heterocycles. The average molecular weight is 421 g/mol. The molecule has 0 radical (unpaired) electrons. The first-order valence-corrected chi connectivity index (χ1v) is 8.83. The average Bonchev–Trinajstić information content (AvgIpc) is 2.68. The quantitative estimate of drug-likeness (QED) is 0.263. The van der Waals surface area contributed by atoms with Crippen LogP contribution in [0.5, 0.6) is 0 Å². The third-order valence-electron chi connectivity index (χ3n) is 3.85. The molecule has 2 aromatic carbocycles. The van der Waals surface area contributed by atoms with Crippen LogP contribution < -0.4 is 4.73 Å². The fraction of sp³-hybridized carbons (Fsp3) is 0.158. The Labute approximate surface area is 170 Å². The van der Waals surface area contributed by atoms with E-state index in [-0.39, 0.29) is 51.2 Å². The first kappa shape index (κ1) is 20.0. The molecule has 7 nitrogen and oxygen atoms in total. The maximum absolute atomic E-state index is 13.0. The normalized spacial score (nSPS) is 10.8. The van der Waals surface area contributed by atoms with Crippen molar-refractivity contribution in [3.8, 4) is 0 Å². The Morgan fingerprint density at radius 3 is 2.50 bits per heavy atom. The van der Waals surface area contributed by atoms with Crippen LogP contribution in [-0.4, -0.2) is 30.5 Å². The summed E-state index contributed by atoms with van der Waals surface area (Å²) in [6.45, 7) is -0.650. The third-order valence-corrected chi connectivity index (χ3v) is 4.57. The van der Waals surface area contributed by atoms with Crippen LogP contribution in [0.15, 0.2) is 42.5 Å². The number of hydrogen-bond donors (Lipinski definition) is 0. The van der Waals surface area contributed by atoms with E-state index >= 15 is 0 Å². The second-order valence-electron chi connectivity index (χ2n) is 5.75. The summed E-state index contributed by atoms with van der Waals surface area (Å²) in [5.41, 5.74) is 0.312. The molecular formula is C19H14Cl2N2O5.